The number of carbonyl (C=O) groups is 1. The molecule has 1 aromatic carbocycles. The second kappa shape index (κ2) is 4.14. The van der Waals surface area contributed by atoms with Crippen molar-refractivity contribution in [2.45, 2.75) is 13.3 Å². The van der Waals surface area contributed by atoms with Gasteiger partial charge in [-0.3, -0.25) is 4.79 Å². The summed E-state index contributed by atoms with van der Waals surface area (Å²) in [5, 5.41) is 17.3. The number of Topliss-reactive ketones (excluding diaryl/α,β-unsaturated/α-hetero) is 1. The second-order valence-electron chi connectivity index (χ2n) is 3.52. The predicted molar refractivity (Wildman–Crippen MR) is 57.4 cm³/mol. The van der Waals surface area contributed by atoms with E-state index in [1.54, 1.807) is 30.5 Å². The fourth-order valence-electron chi connectivity index (χ4n) is 1.41. The van der Waals surface area contributed by atoms with Crippen LogP contribution in [-0.2, 0) is 11.2 Å². The van der Waals surface area contributed by atoms with Crippen LogP contribution in [-0.4, -0.2) is 25.9 Å². The Balaban J connectivity index is 2.32. The van der Waals surface area contributed by atoms with E-state index in [0.717, 1.165) is 0 Å². The lowest BCUT2D eigenvalue weighted by atomic mass is 10.2. The molecule has 5 nitrogen and oxygen atoms in total. The van der Waals surface area contributed by atoms with Gasteiger partial charge in [0.15, 0.2) is 0 Å². The van der Waals surface area contributed by atoms with Crippen molar-refractivity contribution in [3.05, 3.63) is 36.2 Å². The smallest absolute Gasteiger partial charge is 0.141 e. The highest BCUT2D eigenvalue weighted by Gasteiger charge is 2.07. The van der Waals surface area contributed by atoms with Crippen molar-refractivity contribution in [3.8, 4) is 11.4 Å². The molecule has 5 heteroatoms. The number of aromatic hydroxyl groups is 1. The molecule has 0 spiro atoms. The van der Waals surface area contributed by atoms with Gasteiger partial charge < -0.3 is 5.11 Å². The minimum Gasteiger partial charge on any atom is -0.506 e. The van der Waals surface area contributed by atoms with Gasteiger partial charge in [0.05, 0.1) is 18.3 Å². The summed E-state index contributed by atoms with van der Waals surface area (Å²) < 4.78 is 1.45. The van der Waals surface area contributed by atoms with Crippen LogP contribution in [0.4, 0.5) is 0 Å². The number of aromatic nitrogens is 3. The van der Waals surface area contributed by atoms with Crippen LogP contribution in [0.25, 0.3) is 5.69 Å². The molecule has 82 valence electrons. The van der Waals surface area contributed by atoms with E-state index in [1.807, 2.05) is 0 Å². The summed E-state index contributed by atoms with van der Waals surface area (Å²) in [6.07, 6.45) is 1.89. The van der Waals surface area contributed by atoms with Gasteiger partial charge in [-0.05, 0) is 19.1 Å². The molecule has 0 aliphatic carbocycles. The van der Waals surface area contributed by atoms with E-state index >= 15 is 0 Å². The van der Waals surface area contributed by atoms with Gasteiger partial charge in [-0.15, -0.1) is 5.10 Å². The monoisotopic (exact) mass is 217 g/mol. The first kappa shape index (κ1) is 10.4. The standard InChI is InChI=1S/C11H11N3O2/c1-8(15)6-9-7-14(13-12-9)10-4-2-3-5-11(10)16/h2-5,7,16H,6H2,1H3. The van der Waals surface area contributed by atoms with Crippen molar-refractivity contribution in [2.24, 2.45) is 0 Å². The molecule has 0 saturated carbocycles. The fourth-order valence-corrected chi connectivity index (χ4v) is 1.41. The Kier molecular flexibility index (Phi) is 2.68. The van der Waals surface area contributed by atoms with Crippen LogP contribution < -0.4 is 0 Å². The first-order chi connectivity index (χ1) is 7.66. The Labute approximate surface area is 92.3 Å². The highest BCUT2D eigenvalue weighted by molar-refractivity contribution is 5.77. The number of carbonyl (C=O) groups excluding carboxylic acids is 1. The lowest BCUT2D eigenvalue weighted by Crippen LogP contribution is -1.96. The van der Waals surface area contributed by atoms with Crippen molar-refractivity contribution in [3.63, 3.8) is 0 Å². The highest BCUT2D eigenvalue weighted by atomic mass is 16.3. The largest absolute Gasteiger partial charge is 0.506 e. The molecular formula is C11H11N3O2. The number of phenols is 1. The van der Waals surface area contributed by atoms with Gasteiger partial charge in [-0.2, -0.15) is 0 Å². The molecule has 1 aromatic heterocycles. The van der Waals surface area contributed by atoms with Crippen molar-refractivity contribution < 1.29 is 9.90 Å². The quantitative estimate of drug-likeness (QED) is 0.836. The Hall–Kier alpha value is -2.17. The van der Waals surface area contributed by atoms with Crippen LogP contribution in [0.2, 0.25) is 0 Å². The van der Waals surface area contributed by atoms with E-state index < -0.39 is 0 Å². The van der Waals surface area contributed by atoms with Gasteiger partial charge in [0, 0.05) is 0 Å². The normalized spacial score (nSPS) is 10.3. The molecule has 0 aliphatic heterocycles. The van der Waals surface area contributed by atoms with E-state index in [2.05, 4.69) is 10.3 Å². The molecular weight excluding hydrogens is 206 g/mol. The van der Waals surface area contributed by atoms with Crippen LogP contribution in [0.1, 0.15) is 12.6 Å². The third kappa shape index (κ3) is 2.08. The van der Waals surface area contributed by atoms with E-state index in [0.29, 0.717) is 11.4 Å². The molecule has 0 unspecified atom stereocenters. The molecule has 1 N–H and O–H groups in total. The van der Waals surface area contributed by atoms with E-state index in [9.17, 15) is 9.90 Å². The van der Waals surface area contributed by atoms with Crippen molar-refractivity contribution in [1.29, 1.82) is 0 Å². The summed E-state index contributed by atoms with van der Waals surface area (Å²) in [5.74, 6) is 0.158. The summed E-state index contributed by atoms with van der Waals surface area (Å²) >= 11 is 0. The number of ketones is 1. The summed E-state index contributed by atoms with van der Waals surface area (Å²) in [6.45, 7) is 1.50. The van der Waals surface area contributed by atoms with Crippen LogP contribution in [0, 0.1) is 0 Å². The van der Waals surface area contributed by atoms with Gasteiger partial charge in [-0.1, -0.05) is 17.3 Å². The molecule has 0 saturated heterocycles. The molecule has 0 amide bonds. The molecule has 1 heterocycles. The molecule has 0 fully saturated rings. The van der Waals surface area contributed by atoms with Crippen LogP contribution in [0.15, 0.2) is 30.5 Å². The molecule has 0 bridgehead atoms. The maximum absolute atomic E-state index is 10.9. The maximum Gasteiger partial charge on any atom is 0.141 e. The highest BCUT2D eigenvalue weighted by Crippen LogP contribution is 2.19. The zero-order valence-electron chi connectivity index (χ0n) is 8.79. The Morgan fingerprint density at radius 1 is 1.44 bits per heavy atom. The summed E-state index contributed by atoms with van der Waals surface area (Å²) in [7, 11) is 0. The second-order valence-corrected chi connectivity index (χ2v) is 3.52. The van der Waals surface area contributed by atoms with Gasteiger partial charge in [0.1, 0.15) is 17.2 Å². The number of hydrogen-bond donors (Lipinski definition) is 1. The summed E-state index contributed by atoms with van der Waals surface area (Å²) in [5.41, 5.74) is 1.14. The Morgan fingerprint density at radius 3 is 2.88 bits per heavy atom. The minimum atomic E-state index is 0.0318. The Morgan fingerprint density at radius 2 is 2.19 bits per heavy atom. The van der Waals surface area contributed by atoms with Gasteiger partial charge in [0.2, 0.25) is 0 Å². The molecule has 0 radical (unpaired) electrons. The Bertz CT molecular complexity index is 519. The molecule has 2 rings (SSSR count). The predicted octanol–water partition coefficient (Wildman–Crippen LogP) is 1.10. The number of benzene rings is 1. The van der Waals surface area contributed by atoms with Crippen LogP contribution in [0.5, 0.6) is 5.75 Å². The minimum absolute atomic E-state index is 0.0318. The van der Waals surface area contributed by atoms with Crippen molar-refractivity contribution in [2.75, 3.05) is 0 Å². The molecule has 0 aliphatic rings. The SMILES string of the molecule is CC(=O)Cc1cn(-c2ccccc2O)nn1. The topological polar surface area (TPSA) is 68.0 Å². The first-order valence-electron chi connectivity index (χ1n) is 4.86. The molecule has 16 heavy (non-hydrogen) atoms. The third-order valence-corrected chi connectivity index (χ3v) is 2.10. The lowest BCUT2D eigenvalue weighted by Gasteiger charge is -2.01. The summed E-state index contributed by atoms with van der Waals surface area (Å²) in [6, 6.07) is 6.82. The number of para-hydroxylation sites is 2. The number of nitrogens with zero attached hydrogens (tertiary/aromatic N) is 3. The van der Waals surface area contributed by atoms with E-state index in [1.165, 1.54) is 11.6 Å². The van der Waals surface area contributed by atoms with Crippen molar-refractivity contribution in [1.82, 2.24) is 15.0 Å². The molecule has 2 aromatic rings. The van der Waals surface area contributed by atoms with Gasteiger partial charge >= 0.3 is 0 Å². The summed E-state index contributed by atoms with van der Waals surface area (Å²) in [4.78, 5) is 10.9. The van der Waals surface area contributed by atoms with Gasteiger partial charge in [-0.25, -0.2) is 4.68 Å². The average Bonchev–Trinajstić information content (AvgIpc) is 2.66. The van der Waals surface area contributed by atoms with Gasteiger partial charge in [0.25, 0.3) is 0 Å². The zero-order chi connectivity index (χ0) is 11.5. The van der Waals surface area contributed by atoms with Crippen LogP contribution in [0.3, 0.4) is 0 Å². The molecule has 0 atom stereocenters. The van der Waals surface area contributed by atoms with E-state index in [-0.39, 0.29) is 18.0 Å². The fraction of sp³-hybridized carbons (Fsp3) is 0.182. The zero-order valence-corrected chi connectivity index (χ0v) is 8.79. The number of phenolic OH excluding ortho intramolecular Hbond substituents is 1. The average molecular weight is 217 g/mol. The lowest BCUT2D eigenvalue weighted by molar-refractivity contribution is -0.116. The van der Waals surface area contributed by atoms with E-state index in [4.69, 9.17) is 0 Å². The third-order valence-electron chi connectivity index (χ3n) is 2.10. The van der Waals surface area contributed by atoms with Crippen molar-refractivity contribution >= 4 is 5.78 Å². The number of rotatable bonds is 3. The number of hydrogen-bond acceptors (Lipinski definition) is 4. The first-order valence-corrected chi connectivity index (χ1v) is 4.86. The van der Waals surface area contributed by atoms with Crippen LogP contribution >= 0.6 is 0 Å². The maximum atomic E-state index is 10.9.